The molecule has 4 nitrogen and oxygen atoms in total. The van der Waals surface area contributed by atoms with E-state index in [9.17, 15) is 4.79 Å². The average Bonchev–Trinajstić information content (AvgIpc) is 3.31. The number of nitrogens with zero attached hydrogens (tertiary/aromatic N) is 1. The molecule has 236 valence electrons. The predicted molar refractivity (Wildman–Crippen MR) is 171 cm³/mol. The van der Waals surface area contributed by atoms with E-state index in [4.69, 9.17) is 4.74 Å². The van der Waals surface area contributed by atoms with E-state index in [2.05, 4.69) is 31.0 Å². The van der Waals surface area contributed by atoms with Crippen LogP contribution in [0, 0.1) is 46.3 Å². The number of carbonyl (C=O) groups is 1. The van der Waals surface area contributed by atoms with Gasteiger partial charge >= 0.3 is 0 Å². The maximum Gasteiger partial charge on any atom is 0.216 e. The molecule has 5 aliphatic rings. The fourth-order valence-electron chi connectivity index (χ4n) is 11.7. The van der Waals surface area contributed by atoms with E-state index in [0.29, 0.717) is 16.9 Å². The zero-order chi connectivity index (χ0) is 28.9. The van der Waals surface area contributed by atoms with Crippen LogP contribution in [-0.4, -0.2) is 49.7 Å². The van der Waals surface area contributed by atoms with Gasteiger partial charge in [-0.25, -0.2) is 0 Å². The van der Waals surface area contributed by atoms with Crippen LogP contribution in [0.15, 0.2) is 0 Å². The lowest BCUT2D eigenvalue weighted by atomic mass is 9.42. The lowest BCUT2D eigenvalue weighted by Gasteiger charge is -2.62. The lowest BCUT2D eigenvalue weighted by molar-refractivity contribution is -0.135. The fraction of sp³-hybridized carbons (Fsp3) is 0.973. The minimum atomic E-state index is 0.0881. The molecule has 9 atom stereocenters. The number of hydrogen-bond acceptors (Lipinski definition) is 3. The molecule has 0 aromatic rings. The van der Waals surface area contributed by atoms with E-state index in [0.717, 1.165) is 68.1 Å². The minimum absolute atomic E-state index is 0.0881. The van der Waals surface area contributed by atoms with Crippen LogP contribution < -0.4 is 5.32 Å². The fourth-order valence-corrected chi connectivity index (χ4v) is 11.7. The van der Waals surface area contributed by atoms with Crippen LogP contribution in [-0.2, 0) is 9.53 Å². The Morgan fingerprint density at radius 2 is 1.68 bits per heavy atom. The molecular weight excluding hydrogens is 504 g/mol. The first kappa shape index (κ1) is 31.8. The van der Waals surface area contributed by atoms with Gasteiger partial charge in [0.25, 0.3) is 0 Å². The van der Waals surface area contributed by atoms with E-state index in [-0.39, 0.29) is 5.91 Å². The smallest absolute Gasteiger partial charge is 0.216 e. The Bertz CT molecular complexity index is 826. The molecule has 4 aliphatic carbocycles. The standard InChI is InChI=1S/C37H66N2O2/c1-5-29-27-32-34-16-15-30(36(34,3)21-17-35(32)37(4)20-9-7-14-33(29)37)13-8-12-25-41-26-19-31(18-22-38-28(2)40)39-23-10-6-11-24-39/h29-35H,5-27H2,1-4H3,(H,38,40)/t29-,30?,31?,32?,33?,34?,35-,36?,37?/m0/s1. The van der Waals surface area contributed by atoms with E-state index in [1.807, 2.05) is 0 Å². The normalized spacial score (nSPS) is 39.9. The highest BCUT2D eigenvalue weighted by molar-refractivity contribution is 5.72. The molecule has 5 fully saturated rings. The molecule has 41 heavy (non-hydrogen) atoms. The highest BCUT2D eigenvalue weighted by atomic mass is 16.5. The molecule has 0 spiro atoms. The van der Waals surface area contributed by atoms with Crippen molar-refractivity contribution in [1.82, 2.24) is 10.2 Å². The molecule has 1 aliphatic heterocycles. The van der Waals surface area contributed by atoms with Gasteiger partial charge in [0.15, 0.2) is 0 Å². The molecule has 1 N–H and O–H groups in total. The Kier molecular flexibility index (Phi) is 11.2. The molecule has 0 radical (unpaired) electrons. The van der Waals surface area contributed by atoms with Crippen molar-refractivity contribution in [3.05, 3.63) is 0 Å². The van der Waals surface area contributed by atoms with Gasteiger partial charge in [0, 0.05) is 32.7 Å². The second kappa shape index (κ2) is 14.4. The topological polar surface area (TPSA) is 41.6 Å². The van der Waals surface area contributed by atoms with Gasteiger partial charge in [-0.2, -0.15) is 0 Å². The van der Waals surface area contributed by atoms with Crippen molar-refractivity contribution in [3.8, 4) is 0 Å². The van der Waals surface area contributed by atoms with Crippen LogP contribution in [0.1, 0.15) is 143 Å². The summed E-state index contributed by atoms with van der Waals surface area (Å²) in [5.41, 5.74) is 1.25. The summed E-state index contributed by atoms with van der Waals surface area (Å²) in [6, 6.07) is 0.547. The summed E-state index contributed by atoms with van der Waals surface area (Å²) in [6.07, 6.45) is 25.2. The van der Waals surface area contributed by atoms with Gasteiger partial charge in [-0.3, -0.25) is 4.79 Å². The van der Waals surface area contributed by atoms with Crippen LogP contribution in [0.2, 0.25) is 0 Å². The largest absolute Gasteiger partial charge is 0.381 e. The third-order valence-corrected chi connectivity index (χ3v) is 13.9. The molecule has 5 rings (SSSR count). The third-order valence-electron chi connectivity index (χ3n) is 13.9. The van der Waals surface area contributed by atoms with Crippen molar-refractivity contribution in [2.45, 2.75) is 149 Å². The molecular formula is C37H66N2O2. The van der Waals surface area contributed by atoms with Gasteiger partial charge in [-0.1, -0.05) is 52.9 Å². The Labute approximate surface area is 253 Å². The van der Waals surface area contributed by atoms with E-state index < -0.39 is 0 Å². The number of nitrogens with one attached hydrogen (secondary N) is 1. The zero-order valence-corrected chi connectivity index (χ0v) is 27.6. The van der Waals surface area contributed by atoms with E-state index >= 15 is 0 Å². The number of carbonyl (C=O) groups excluding carboxylic acids is 1. The summed E-state index contributed by atoms with van der Waals surface area (Å²) in [7, 11) is 0. The van der Waals surface area contributed by atoms with Crippen molar-refractivity contribution in [3.63, 3.8) is 0 Å². The SMILES string of the molecule is CC[C@H]1CC2C3CCC(CCCCOCCC(CCNC(C)=O)N4CCCCC4)C3(C)CC[C@@H]2C2(C)CCCCC12. The lowest BCUT2D eigenvalue weighted by Crippen LogP contribution is -2.55. The summed E-state index contributed by atoms with van der Waals surface area (Å²) in [6.45, 7) is 14.6. The highest BCUT2D eigenvalue weighted by Crippen LogP contribution is 2.69. The van der Waals surface area contributed by atoms with Gasteiger partial charge in [0.2, 0.25) is 5.91 Å². The average molecular weight is 571 g/mol. The molecule has 0 bridgehead atoms. The molecule has 1 saturated heterocycles. The second-order valence-corrected chi connectivity index (χ2v) is 15.9. The van der Waals surface area contributed by atoms with Crippen LogP contribution >= 0.6 is 0 Å². The molecule has 7 unspecified atom stereocenters. The van der Waals surface area contributed by atoms with Crippen molar-refractivity contribution in [1.29, 1.82) is 0 Å². The Morgan fingerprint density at radius 1 is 0.878 bits per heavy atom. The van der Waals surface area contributed by atoms with E-state index in [1.54, 1.807) is 13.3 Å². The van der Waals surface area contributed by atoms with Gasteiger partial charge in [0.1, 0.15) is 0 Å². The molecule has 1 amide bonds. The summed E-state index contributed by atoms with van der Waals surface area (Å²) >= 11 is 0. The number of likely N-dealkylation sites (tertiary alicyclic amines) is 1. The summed E-state index contributed by atoms with van der Waals surface area (Å²) in [5.74, 6) is 6.10. The predicted octanol–water partition coefficient (Wildman–Crippen LogP) is 8.63. The number of unbranched alkanes of at least 4 members (excludes halogenated alkanes) is 1. The van der Waals surface area contributed by atoms with Crippen molar-refractivity contribution >= 4 is 5.91 Å². The summed E-state index contributed by atoms with van der Waals surface area (Å²) < 4.78 is 6.22. The maximum absolute atomic E-state index is 11.4. The molecule has 1 heterocycles. The number of fused-ring (bicyclic) bond motifs is 5. The Hall–Kier alpha value is -0.610. The van der Waals surface area contributed by atoms with Crippen molar-refractivity contribution in [2.75, 3.05) is 32.8 Å². The molecule has 0 aromatic heterocycles. The third kappa shape index (κ3) is 7.05. The van der Waals surface area contributed by atoms with Gasteiger partial charge in [-0.05, 0) is 143 Å². The first-order valence-corrected chi connectivity index (χ1v) is 18.4. The number of ether oxygens (including phenoxy) is 1. The van der Waals surface area contributed by atoms with Gasteiger partial charge in [0.05, 0.1) is 0 Å². The number of amides is 1. The molecule has 0 aromatic carbocycles. The van der Waals surface area contributed by atoms with Crippen molar-refractivity contribution < 1.29 is 9.53 Å². The Morgan fingerprint density at radius 3 is 2.46 bits per heavy atom. The second-order valence-electron chi connectivity index (χ2n) is 15.9. The first-order chi connectivity index (χ1) is 19.9. The minimum Gasteiger partial charge on any atom is -0.381 e. The zero-order valence-electron chi connectivity index (χ0n) is 27.6. The van der Waals surface area contributed by atoms with Crippen LogP contribution in [0.4, 0.5) is 0 Å². The maximum atomic E-state index is 11.4. The number of hydrogen-bond donors (Lipinski definition) is 1. The Balaban J connectivity index is 1.05. The monoisotopic (exact) mass is 571 g/mol. The summed E-state index contributed by atoms with van der Waals surface area (Å²) in [4.78, 5) is 14.0. The van der Waals surface area contributed by atoms with Crippen LogP contribution in [0.3, 0.4) is 0 Å². The number of piperidine rings is 1. The molecule has 4 saturated carbocycles. The van der Waals surface area contributed by atoms with Gasteiger partial charge in [-0.15, -0.1) is 0 Å². The first-order valence-electron chi connectivity index (χ1n) is 18.4. The van der Waals surface area contributed by atoms with Crippen LogP contribution in [0.25, 0.3) is 0 Å². The molecule has 4 heteroatoms. The quantitative estimate of drug-likeness (QED) is 0.225. The number of rotatable bonds is 13. The van der Waals surface area contributed by atoms with Crippen molar-refractivity contribution in [2.24, 2.45) is 46.3 Å². The highest BCUT2D eigenvalue weighted by Gasteiger charge is 2.60. The van der Waals surface area contributed by atoms with Gasteiger partial charge < -0.3 is 15.0 Å². The van der Waals surface area contributed by atoms with Crippen LogP contribution in [0.5, 0.6) is 0 Å². The van der Waals surface area contributed by atoms with E-state index in [1.165, 1.54) is 109 Å². The summed E-state index contributed by atoms with van der Waals surface area (Å²) in [5, 5.41) is 3.01.